The summed E-state index contributed by atoms with van der Waals surface area (Å²) in [5, 5.41) is 6.22. The molecule has 0 aromatic carbocycles. The van der Waals surface area contributed by atoms with Crippen LogP contribution < -0.4 is 10.6 Å². The molecule has 0 radical (unpaired) electrons. The molecule has 0 fully saturated rings. The van der Waals surface area contributed by atoms with Gasteiger partial charge in [0.2, 0.25) is 0 Å². The molecule has 0 aliphatic heterocycles. The Hall–Kier alpha value is -1.23. The smallest absolute Gasteiger partial charge is 0.270 e. The van der Waals surface area contributed by atoms with E-state index in [1.807, 2.05) is 24.8 Å². The minimum absolute atomic E-state index is 0.0963. The van der Waals surface area contributed by atoms with Crippen LogP contribution >= 0.6 is 11.8 Å². The molecule has 1 aromatic heterocycles. The van der Waals surface area contributed by atoms with Gasteiger partial charge < -0.3 is 10.6 Å². The van der Waals surface area contributed by atoms with Crippen LogP contribution in [0, 0.1) is 0 Å². The molecule has 0 saturated carbocycles. The summed E-state index contributed by atoms with van der Waals surface area (Å²) in [6.45, 7) is 7.21. The molecule has 0 bridgehead atoms. The summed E-state index contributed by atoms with van der Waals surface area (Å²) < 4.78 is 0. The molecule has 0 aliphatic rings. The van der Waals surface area contributed by atoms with Gasteiger partial charge in [0.1, 0.15) is 5.69 Å². The minimum Gasteiger partial charge on any atom is -0.384 e. The van der Waals surface area contributed by atoms with E-state index < -0.39 is 0 Å². The summed E-state index contributed by atoms with van der Waals surface area (Å²) >= 11 is 1.89. The first-order chi connectivity index (χ1) is 9.67. The Morgan fingerprint density at radius 1 is 1.40 bits per heavy atom. The van der Waals surface area contributed by atoms with E-state index in [0.717, 1.165) is 36.6 Å². The van der Waals surface area contributed by atoms with Gasteiger partial charge in [-0.25, -0.2) is 4.98 Å². The van der Waals surface area contributed by atoms with Gasteiger partial charge >= 0.3 is 0 Å². The molecular weight excluding hydrogens is 270 g/mol. The molecule has 0 spiro atoms. The standard InChI is InChI=1S/C15H25N3OS/c1-4-9-16-13-6-7-14(17-11-13)15(19)18-12(3)8-10-20-5-2/h6-7,11-12,16H,4-5,8-10H2,1-3H3,(H,18,19). The SMILES string of the molecule is CCCNc1ccc(C(=O)NC(C)CCSCC)nc1. The average molecular weight is 295 g/mol. The van der Waals surface area contributed by atoms with Crippen molar-refractivity contribution in [3.8, 4) is 0 Å². The van der Waals surface area contributed by atoms with Gasteiger partial charge in [0, 0.05) is 12.6 Å². The van der Waals surface area contributed by atoms with Crippen LogP contribution in [0.2, 0.25) is 0 Å². The van der Waals surface area contributed by atoms with Crippen LogP contribution in [0.3, 0.4) is 0 Å². The topological polar surface area (TPSA) is 54.0 Å². The molecule has 1 atom stereocenters. The number of nitrogens with zero attached hydrogens (tertiary/aromatic N) is 1. The molecule has 0 saturated heterocycles. The van der Waals surface area contributed by atoms with Crippen LogP contribution in [0.15, 0.2) is 18.3 Å². The second-order valence-electron chi connectivity index (χ2n) is 4.72. The maximum atomic E-state index is 12.0. The third-order valence-electron chi connectivity index (χ3n) is 2.85. The van der Waals surface area contributed by atoms with E-state index in [2.05, 4.69) is 29.5 Å². The van der Waals surface area contributed by atoms with E-state index in [1.165, 1.54) is 0 Å². The van der Waals surface area contributed by atoms with Gasteiger partial charge in [-0.3, -0.25) is 4.79 Å². The van der Waals surface area contributed by atoms with Crippen molar-refractivity contribution in [2.75, 3.05) is 23.4 Å². The molecule has 5 heteroatoms. The third kappa shape index (κ3) is 6.28. The van der Waals surface area contributed by atoms with Crippen LogP contribution in [0.1, 0.15) is 44.1 Å². The Kier molecular flexibility index (Phi) is 8.11. The Balaban J connectivity index is 2.42. The van der Waals surface area contributed by atoms with Crippen molar-refractivity contribution in [3.05, 3.63) is 24.0 Å². The lowest BCUT2D eigenvalue weighted by Gasteiger charge is -2.13. The van der Waals surface area contributed by atoms with E-state index in [4.69, 9.17) is 0 Å². The molecule has 1 aromatic rings. The van der Waals surface area contributed by atoms with Crippen molar-refractivity contribution < 1.29 is 4.79 Å². The van der Waals surface area contributed by atoms with Gasteiger partial charge in [-0.15, -0.1) is 0 Å². The van der Waals surface area contributed by atoms with E-state index in [0.29, 0.717) is 5.69 Å². The van der Waals surface area contributed by atoms with Gasteiger partial charge in [0.05, 0.1) is 11.9 Å². The van der Waals surface area contributed by atoms with Crippen molar-refractivity contribution in [2.24, 2.45) is 0 Å². The molecule has 2 N–H and O–H groups in total. The van der Waals surface area contributed by atoms with E-state index in [1.54, 1.807) is 12.3 Å². The normalized spacial score (nSPS) is 11.9. The molecule has 0 aliphatic carbocycles. The zero-order chi connectivity index (χ0) is 14.8. The van der Waals surface area contributed by atoms with Crippen molar-refractivity contribution in [2.45, 2.75) is 39.7 Å². The highest BCUT2D eigenvalue weighted by Crippen LogP contribution is 2.07. The first-order valence-electron chi connectivity index (χ1n) is 7.25. The third-order valence-corrected chi connectivity index (χ3v) is 3.78. The first-order valence-corrected chi connectivity index (χ1v) is 8.41. The summed E-state index contributed by atoms with van der Waals surface area (Å²) in [6.07, 6.45) is 3.76. The average Bonchev–Trinajstić information content (AvgIpc) is 2.46. The van der Waals surface area contributed by atoms with Crippen LogP contribution in [0.5, 0.6) is 0 Å². The zero-order valence-corrected chi connectivity index (χ0v) is 13.4. The second-order valence-corrected chi connectivity index (χ2v) is 6.11. The number of pyridine rings is 1. The number of amides is 1. The van der Waals surface area contributed by atoms with Gasteiger partial charge in [-0.2, -0.15) is 11.8 Å². The monoisotopic (exact) mass is 295 g/mol. The fraction of sp³-hybridized carbons (Fsp3) is 0.600. The Labute approximate surface area is 126 Å². The minimum atomic E-state index is -0.0963. The predicted molar refractivity (Wildman–Crippen MR) is 87.6 cm³/mol. The van der Waals surface area contributed by atoms with Crippen LogP contribution in [-0.2, 0) is 0 Å². The lowest BCUT2D eigenvalue weighted by molar-refractivity contribution is 0.0934. The molecule has 1 amide bonds. The molecule has 20 heavy (non-hydrogen) atoms. The summed E-state index contributed by atoms with van der Waals surface area (Å²) in [5.41, 5.74) is 1.43. The summed E-state index contributed by atoms with van der Waals surface area (Å²) in [4.78, 5) is 16.2. The van der Waals surface area contributed by atoms with Crippen LogP contribution in [0.25, 0.3) is 0 Å². The van der Waals surface area contributed by atoms with E-state index >= 15 is 0 Å². The van der Waals surface area contributed by atoms with Gasteiger partial charge in [0.25, 0.3) is 5.91 Å². The highest BCUT2D eigenvalue weighted by molar-refractivity contribution is 7.99. The fourth-order valence-electron chi connectivity index (χ4n) is 1.68. The van der Waals surface area contributed by atoms with Gasteiger partial charge in [-0.1, -0.05) is 13.8 Å². The van der Waals surface area contributed by atoms with Crippen molar-refractivity contribution in [3.63, 3.8) is 0 Å². The number of thioether (sulfide) groups is 1. The predicted octanol–water partition coefficient (Wildman–Crippen LogP) is 3.17. The van der Waals surface area contributed by atoms with Crippen molar-refractivity contribution in [1.29, 1.82) is 0 Å². The van der Waals surface area contributed by atoms with Gasteiger partial charge in [-0.05, 0) is 43.4 Å². The van der Waals surface area contributed by atoms with Crippen molar-refractivity contribution in [1.82, 2.24) is 10.3 Å². The number of hydrogen-bond acceptors (Lipinski definition) is 4. The number of hydrogen-bond donors (Lipinski definition) is 2. The number of nitrogens with one attached hydrogen (secondary N) is 2. The Morgan fingerprint density at radius 2 is 2.20 bits per heavy atom. The molecular formula is C15H25N3OS. The van der Waals surface area contributed by atoms with E-state index in [9.17, 15) is 4.79 Å². The molecule has 112 valence electrons. The lowest BCUT2D eigenvalue weighted by Crippen LogP contribution is -2.33. The lowest BCUT2D eigenvalue weighted by atomic mass is 10.2. The molecule has 4 nitrogen and oxygen atoms in total. The van der Waals surface area contributed by atoms with E-state index in [-0.39, 0.29) is 11.9 Å². The molecule has 1 rings (SSSR count). The largest absolute Gasteiger partial charge is 0.384 e. The number of carbonyl (C=O) groups is 1. The number of carbonyl (C=O) groups excluding carboxylic acids is 1. The zero-order valence-electron chi connectivity index (χ0n) is 12.6. The highest BCUT2D eigenvalue weighted by atomic mass is 32.2. The maximum Gasteiger partial charge on any atom is 0.270 e. The number of aromatic nitrogens is 1. The quantitative estimate of drug-likeness (QED) is 0.687. The summed E-state index contributed by atoms with van der Waals surface area (Å²) in [5.74, 6) is 2.10. The first kappa shape index (κ1) is 16.8. The van der Waals surface area contributed by atoms with Crippen LogP contribution in [0.4, 0.5) is 5.69 Å². The Morgan fingerprint density at radius 3 is 2.80 bits per heavy atom. The van der Waals surface area contributed by atoms with Crippen LogP contribution in [-0.4, -0.2) is 35.0 Å². The molecule has 1 unspecified atom stereocenters. The maximum absolute atomic E-state index is 12.0. The van der Waals surface area contributed by atoms with Crippen molar-refractivity contribution >= 4 is 23.4 Å². The highest BCUT2D eigenvalue weighted by Gasteiger charge is 2.10. The number of rotatable bonds is 9. The summed E-state index contributed by atoms with van der Waals surface area (Å²) in [7, 11) is 0. The summed E-state index contributed by atoms with van der Waals surface area (Å²) in [6, 6.07) is 3.84. The molecule has 1 heterocycles. The number of anilines is 1. The van der Waals surface area contributed by atoms with Gasteiger partial charge in [0.15, 0.2) is 0 Å². The second kappa shape index (κ2) is 9.64. The fourth-order valence-corrected chi connectivity index (χ4v) is 2.49. The Bertz CT molecular complexity index is 395.